The Bertz CT molecular complexity index is 633. The Labute approximate surface area is 107 Å². The molecule has 2 rings (SSSR count). The zero-order valence-electron chi connectivity index (χ0n) is 9.85. The van der Waals surface area contributed by atoms with Crippen molar-refractivity contribution >= 4 is 17.6 Å². The number of aromatic nitrogens is 4. The zero-order valence-corrected chi connectivity index (χ0v) is 10.7. The Morgan fingerprint density at radius 3 is 2.83 bits per heavy atom. The topological polar surface area (TPSA) is 101 Å². The minimum atomic E-state index is -0.319. The van der Waals surface area contributed by atoms with E-state index in [1.165, 1.54) is 6.07 Å². The van der Waals surface area contributed by atoms with Crippen LogP contribution in [0.4, 0.5) is 0 Å². The first kappa shape index (κ1) is 12.4. The van der Waals surface area contributed by atoms with Gasteiger partial charge in [0.1, 0.15) is 5.82 Å². The molecule has 0 aliphatic rings. The molecule has 0 spiro atoms. The second kappa shape index (κ2) is 5.05. The standard InChI is InChI=1S/C10H11N5O2S/c1-5-9(15-18-14-5)10(17)11-4-7-3-8(16)13-6(2)12-7/h3H,4H2,1-2H3,(H,11,17)(H,12,13,16). The van der Waals surface area contributed by atoms with E-state index < -0.39 is 0 Å². The summed E-state index contributed by atoms with van der Waals surface area (Å²) in [6.45, 7) is 3.58. The molecule has 2 N–H and O–H groups in total. The van der Waals surface area contributed by atoms with Gasteiger partial charge >= 0.3 is 0 Å². The lowest BCUT2D eigenvalue weighted by Crippen LogP contribution is -2.25. The average Bonchev–Trinajstić information content (AvgIpc) is 2.71. The molecule has 0 aliphatic heterocycles. The molecule has 0 atom stereocenters. The van der Waals surface area contributed by atoms with Crippen LogP contribution >= 0.6 is 11.7 Å². The first-order valence-electron chi connectivity index (χ1n) is 5.20. The fourth-order valence-corrected chi connectivity index (χ4v) is 1.97. The molecule has 0 aromatic carbocycles. The zero-order chi connectivity index (χ0) is 13.1. The van der Waals surface area contributed by atoms with Gasteiger partial charge in [-0.2, -0.15) is 8.75 Å². The highest BCUT2D eigenvalue weighted by molar-refractivity contribution is 6.99. The third-order valence-electron chi connectivity index (χ3n) is 2.21. The Kier molecular flexibility index (Phi) is 3.47. The van der Waals surface area contributed by atoms with Crippen molar-refractivity contribution in [3.05, 3.63) is 39.3 Å². The number of rotatable bonds is 3. The molecule has 0 radical (unpaired) electrons. The van der Waals surface area contributed by atoms with Gasteiger partial charge in [-0.1, -0.05) is 0 Å². The first-order valence-corrected chi connectivity index (χ1v) is 5.93. The van der Waals surface area contributed by atoms with E-state index >= 15 is 0 Å². The molecule has 94 valence electrons. The molecular weight excluding hydrogens is 254 g/mol. The maximum absolute atomic E-state index is 11.7. The summed E-state index contributed by atoms with van der Waals surface area (Å²) in [6.07, 6.45) is 0. The molecule has 8 heteroatoms. The van der Waals surface area contributed by atoms with E-state index in [2.05, 4.69) is 24.0 Å². The number of nitrogens with one attached hydrogen (secondary N) is 2. The van der Waals surface area contributed by atoms with Crippen LogP contribution in [0.3, 0.4) is 0 Å². The van der Waals surface area contributed by atoms with Crippen LogP contribution in [0.15, 0.2) is 10.9 Å². The summed E-state index contributed by atoms with van der Waals surface area (Å²) in [4.78, 5) is 29.6. The SMILES string of the molecule is Cc1nc(CNC(=O)c2nsnc2C)cc(=O)[nH]1. The van der Waals surface area contributed by atoms with Crippen LogP contribution < -0.4 is 10.9 Å². The summed E-state index contributed by atoms with van der Waals surface area (Å²) in [7, 11) is 0. The van der Waals surface area contributed by atoms with Crippen molar-refractivity contribution in [1.29, 1.82) is 0 Å². The predicted molar refractivity (Wildman–Crippen MR) is 65.4 cm³/mol. The van der Waals surface area contributed by atoms with Crippen LogP contribution in [0.5, 0.6) is 0 Å². The van der Waals surface area contributed by atoms with Gasteiger partial charge in [-0.15, -0.1) is 0 Å². The molecule has 0 unspecified atom stereocenters. The normalized spacial score (nSPS) is 10.3. The Morgan fingerprint density at radius 2 is 2.22 bits per heavy atom. The Morgan fingerprint density at radius 1 is 1.44 bits per heavy atom. The van der Waals surface area contributed by atoms with Gasteiger partial charge in [0.15, 0.2) is 5.69 Å². The van der Waals surface area contributed by atoms with Gasteiger partial charge in [0, 0.05) is 6.07 Å². The largest absolute Gasteiger partial charge is 0.345 e. The maximum Gasteiger partial charge on any atom is 0.273 e. The minimum absolute atomic E-state index is 0.181. The molecule has 2 heterocycles. The van der Waals surface area contributed by atoms with Crippen molar-refractivity contribution in [3.63, 3.8) is 0 Å². The van der Waals surface area contributed by atoms with Crippen LogP contribution in [0.1, 0.15) is 27.7 Å². The van der Waals surface area contributed by atoms with Crippen LogP contribution in [-0.4, -0.2) is 24.6 Å². The lowest BCUT2D eigenvalue weighted by molar-refractivity contribution is 0.0945. The molecule has 2 aromatic heterocycles. The van der Waals surface area contributed by atoms with E-state index in [9.17, 15) is 9.59 Å². The highest BCUT2D eigenvalue weighted by atomic mass is 32.1. The first-order chi connectivity index (χ1) is 8.56. The summed E-state index contributed by atoms with van der Waals surface area (Å²) in [5, 5.41) is 2.65. The quantitative estimate of drug-likeness (QED) is 0.823. The van der Waals surface area contributed by atoms with Crippen molar-refractivity contribution in [2.75, 3.05) is 0 Å². The van der Waals surface area contributed by atoms with E-state index in [0.717, 1.165) is 11.7 Å². The number of nitrogens with zero attached hydrogens (tertiary/aromatic N) is 3. The van der Waals surface area contributed by atoms with Crippen molar-refractivity contribution in [2.24, 2.45) is 0 Å². The van der Waals surface area contributed by atoms with Gasteiger partial charge in [0.2, 0.25) is 0 Å². The molecule has 1 amide bonds. The van der Waals surface area contributed by atoms with Crippen molar-refractivity contribution < 1.29 is 4.79 Å². The van der Waals surface area contributed by atoms with Crippen LogP contribution in [0.2, 0.25) is 0 Å². The summed E-state index contributed by atoms with van der Waals surface area (Å²) >= 11 is 0.990. The van der Waals surface area contributed by atoms with Crippen LogP contribution in [0, 0.1) is 13.8 Å². The molecule has 18 heavy (non-hydrogen) atoms. The van der Waals surface area contributed by atoms with Gasteiger partial charge in [-0.3, -0.25) is 9.59 Å². The van der Waals surface area contributed by atoms with Gasteiger partial charge < -0.3 is 10.3 Å². The number of carbonyl (C=O) groups excluding carboxylic acids is 1. The van der Waals surface area contributed by atoms with Gasteiger partial charge in [-0.25, -0.2) is 4.98 Å². The number of carbonyl (C=O) groups is 1. The summed E-state index contributed by atoms with van der Waals surface area (Å²) in [6, 6.07) is 1.35. The summed E-state index contributed by atoms with van der Waals surface area (Å²) in [5.74, 6) is 0.194. The Balaban J connectivity index is 2.06. The number of aryl methyl sites for hydroxylation is 2. The third-order valence-corrected chi connectivity index (χ3v) is 2.83. The molecule has 0 aliphatic carbocycles. The molecule has 0 saturated heterocycles. The fourth-order valence-electron chi connectivity index (χ4n) is 1.42. The molecule has 0 saturated carbocycles. The number of H-pyrrole nitrogens is 1. The van der Waals surface area contributed by atoms with Crippen LogP contribution in [-0.2, 0) is 6.54 Å². The number of hydrogen-bond donors (Lipinski definition) is 2. The predicted octanol–water partition coefficient (Wildman–Crippen LogP) is 0.168. The van der Waals surface area contributed by atoms with E-state index in [4.69, 9.17) is 0 Å². The fraction of sp³-hybridized carbons (Fsp3) is 0.300. The second-order valence-electron chi connectivity index (χ2n) is 3.70. The molecule has 2 aromatic rings. The number of hydrogen-bond acceptors (Lipinski definition) is 6. The molecule has 0 fully saturated rings. The lowest BCUT2D eigenvalue weighted by atomic mass is 10.3. The third kappa shape index (κ3) is 2.77. The van der Waals surface area contributed by atoms with Crippen LogP contribution in [0.25, 0.3) is 0 Å². The molecule has 0 bridgehead atoms. The number of aromatic amines is 1. The van der Waals surface area contributed by atoms with E-state index in [1.807, 2.05) is 0 Å². The molecular formula is C10H11N5O2S. The van der Waals surface area contributed by atoms with Gasteiger partial charge in [-0.05, 0) is 13.8 Å². The van der Waals surface area contributed by atoms with Crippen molar-refractivity contribution in [1.82, 2.24) is 24.0 Å². The van der Waals surface area contributed by atoms with Gasteiger partial charge in [0.25, 0.3) is 11.5 Å². The average molecular weight is 265 g/mol. The lowest BCUT2D eigenvalue weighted by Gasteiger charge is -2.03. The number of amides is 1. The van der Waals surface area contributed by atoms with E-state index in [0.29, 0.717) is 22.9 Å². The summed E-state index contributed by atoms with van der Waals surface area (Å²) < 4.78 is 7.81. The second-order valence-corrected chi connectivity index (χ2v) is 4.23. The maximum atomic E-state index is 11.7. The highest BCUT2D eigenvalue weighted by Gasteiger charge is 2.13. The Hall–Kier alpha value is -2.09. The van der Waals surface area contributed by atoms with E-state index in [1.54, 1.807) is 13.8 Å². The highest BCUT2D eigenvalue weighted by Crippen LogP contribution is 2.03. The van der Waals surface area contributed by atoms with E-state index in [-0.39, 0.29) is 18.0 Å². The van der Waals surface area contributed by atoms with Crippen molar-refractivity contribution in [2.45, 2.75) is 20.4 Å². The summed E-state index contributed by atoms with van der Waals surface area (Å²) in [5.41, 5.74) is 1.16. The minimum Gasteiger partial charge on any atom is -0.345 e. The monoisotopic (exact) mass is 265 g/mol. The smallest absolute Gasteiger partial charge is 0.273 e. The molecule has 7 nitrogen and oxygen atoms in total. The van der Waals surface area contributed by atoms with Crippen molar-refractivity contribution in [3.8, 4) is 0 Å². The van der Waals surface area contributed by atoms with Gasteiger partial charge in [0.05, 0.1) is 29.7 Å².